The van der Waals surface area contributed by atoms with Crippen molar-refractivity contribution in [3.63, 3.8) is 0 Å². The molecule has 0 spiro atoms. The van der Waals surface area contributed by atoms with Gasteiger partial charge in [0.25, 0.3) is 0 Å². The van der Waals surface area contributed by atoms with Gasteiger partial charge in [-0.2, -0.15) is 4.98 Å². The van der Waals surface area contributed by atoms with Crippen LogP contribution in [0.5, 0.6) is 0 Å². The summed E-state index contributed by atoms with van der Waals surface area (Å²) < 4.78 is 28.4. The van der Waals surface area contributed by atoms with E-state index in [2.05, 4.69) is 4.98 Å². The van der Waals surface area contributed by atoms with Crippen LogP contribution in [0.2, 0.25) is 0 Å². The number of phosphoric ester groups is 1. The fraction of sp³-hybridized carbons (Fsp3) is 0.588. The molecule has 1 fully saturated rings. The minimum absolute atomic E-state index is 0.00761. The van der Waals surface area contributed by atoms with Crippen LogP contribution < -0.4 is 11.4 Å². The minimum atomic E-state index is -4.44. The van der Waals surface area contributed by atoms with Crippen molar-refractivity contribution in [3.8, 4) is 0 Å². The standard InChI is InChI=1S/C17H24N3O9P/c18-16-1-2-20(17(24)19-16)9-27-15(14(23)6-22)8-29-30(25,26)28-7-13-11-3-10(5-21)4-12(11)13/h1-3,5,11-15,22-23H,4,6-9H2,(H,25,26)(H2,18,19,24). The second-order valence-electron chi connectivity index (χ2n) is 7.22. The molecule has 166 valence electrons. The quantitative estimate of drug-likeness (QED) is 0.230. The van der Waals surface area contributed by atoms with Crippen molar-refractivity contribution in [2.75, 3.05) is 25.6 Å². The molecule has 1 heterocycles. The Morgan fingerprint density at radius 1 is 1.43 bits per heavy atom. The Kier molecular flexibility index (Phi) is 7.19. The number of aliphatic hydroxyl groups is 2. The molecule has 6 atom stereocenters. The maximum absolute atomic E-state index is 12.1. The van der Waals surface area contributed by atoms with E-state index >= 15 is 0 Å². The van der Waals surface area contributed by atoms with Crippen molar-refractivity contribution < 1.29 is 38.3 Å². The number of fused-ring (bicyclic) bond motifs is 1. The monoisotopic (exact) mass is 445 g/mol. The van der Waals surface area contributed by atoms with Crippen LogP contribution in [0.3, 0.4) is 0 Å². The molecule has 3 rings (SSSR count). The number of nitrogens with two attached hydrogens (primary N) is 1. The lowest BCUT2D eigenvalue weighted by molar-refractivity contribution is -0.105. The largest absolute Gasteiger partial charge is 0.472 e. The lowest BCUT2D eigenvalue weighted by Crippen LogP contribution is -2.37. The first-order valence-electron chi connectivity index (χ1n) is 9.25. The fourth-order valence-electron chi connectivity index (χ4n) is 3.41. The summed E-state index contributed by atoms with van der Waals surface area (Å²) in [5, 5.41) is 19.0. The first kappa shape index (κ1) is 22.8. The number of aromatic nitrogens is 2. The molecule has 1 aromatic rings. The van der Waals surface area contributed by atoms with Gasteiger partial charge in [-0.05, 0) is 35.8 Å². The van der Waals surface area contributed by atoms with Gasteiger partial charge in [-0.3, -0.25) is 18.4 Å². The van der Waals surface area contributed by atoms with Gasteiger partial charge in [0.2, 0.25) is 0 Å². The van der Waals surface area contributed by atoms with Gasteiger partial charge < -0.3 is 25.6 Å². The van der Waals surface area contributed by atoms with Crippen molar-refractivity contribution in [2.24, 2.45) is 17.8 Å². The number of carbonyl (C=O) groups is 1. The zero-order valence-corrected chi connectivity index (χ0v) is 16.8. The normalized spacial score (nSPS) is 26.4. The number of allylic oxidation sites excluding steroid dienone is 2. The predicted molar refractivity (Wildman–Crippen MR) is 102 cm³/mol. The Bertz CT molecular complexity index is 905. The molecule has 0 aromatic carbocycles. The summed E-state index contributed by atoms with van der Waals surface area (Å²) in [6, 6.07) is 1.37. The molecule has 12 nitrogen and oxygen atoms in total. The Balaban J connectivity index is 1.48. The second-order valence-corrected chi connectivity index (χ2v) is 8.67. The summed E-state index contributed by atoms with van der Waals surface area (Å²) in [6.07, 6.45) is 1.97. The van der Waals surface area contributed by atoms with Gasteiger partial charge in [-0.1, -0.05) is 6.08 Å². The summed E-state index contributed by atoms with van der Waals surface area (Å²) in [6.45, 7) is -1.63. The average molecular weight is 445 g/mol. The molecule has 0 saturated heterocycles. The number of aldehydes is 1. The molecule has 1 aromatic heterocycles. The van der Waals surface area contributed by atoms with Crippen LogP contribution in [0.4, 0.5) is 5.82 Å². The molecule has 0 radical (unpaired) electrons. The zero-order chi connectivity index (χ0) is 21.9. The summed E-state index contributed by atoms with van der Waals surface area (Å²) in [7, 11) is -4.44. The average Bonchev–Trinajstić information content (AvgIpc) is 3.16. The lowest BCUT2D eigenvalue weighted by Gasteiger charge is -2.23. The SMILES string of the molecule is Nc1ccn(COC(COP(=O)(O)OCC2C3C=C(C=O)CC32)C(O)CO)c(=O)n1. The van der Waals surface area contributed by atoms with E-state index in [4.69, 9.17) is 24.6 Å². The van der Waals surface area contributed by atoms with Gasteiger partial charge in [0.1, 0.15) is 31.0 Å². The van der Waals surface area contributed by atoms with Crippen LogP contribution in [0.25, 0.3) is 0 Å². The highest BCUT2D eigenvalue weighted by Crippen LogP contribution is 2.57. The van der Waals surface area contributed by atoms with E-state index in [9.17, 15) is 24.2 Å². The van der Waals surface area contributed by atoms with Crippen LogP contribution in [0.1, 0.15) is 6.42 Å². The topological polar surface area (TPSA) is 183 Å². The van der Waals surface area contributed by atoms with Crippen LogP contribution in [-0.4, -0.2) is 63.0 Å². The number of hydrogen-bond donors (Lipinski definition) is 4. The van der Waals surface area contributed by atoms with E-state index in [0.717, 1.165) is 16.4 Å². The van der Waals surface area contributed by atoms with Crippen molar-refractivity contribution in [1.29, 1.82) is 0 Å². The molecule has 30 heavy (non-hydrogen) atoms. The van der Waals surface area contributed by atoms with Gasteiger partial charge in [-0.15, -0.1) is 0 Å². The van der Waals surface area contributed by atoms with E-state index in [1.165, 1.54) is 12.3 Å². The molecule has 0 aliphatic heterocycles. The molecule has 5 N–H and O–H groups in total. The van der Waals surface area contributed by atoms with Gasteiger partial charge >= 0.3 is 13.5 Å². The molecular weight excluding hydrogens is 421 g/mol. The van der Waals surface area contributed by atoms with Gasteiger partial charge in [0.05, 0.1) is 19.8 Å². The fourth-order valence-corrected chi connectivity index (χ4v) is 4.18. The second kappa shape index (κ2) is 9.48. The molecule has 0 bridgehead atoms. The van der Waals surface area contributed by atoms with E-state index < -0.39 is 38.9 Å². The van der Waals surface area contributed by atoms with Gasteiger partial charge in [0.15, 0.2) is 0 Å². The van der Waals surface area contributed by atoms with E-state index in [-0.39, 0.29) is 36.9 Å². The number of nitrogens with zero attached hydrogens (tertiary/aromatic N) is 2. The molecule has 1 saturated carbocycles. The third-order valence-electron chi connectivity index (χ3n) is 5.20. The highest BCUT2D eigenvalue weighted by Gasteiger charge is 2.52. The summed E-state index contributed by atoms with van der Waals surface area (Å²) in [5.74, 6) is 0.494. The minimum Gasteiger partial charge on any atom is -0.394 e. The Morgan fingerprint density at radius 3 is 2.80 bits per heavy atom. The number of nitrogen functional groups attached to an aromatic ring is 1. The van der Waals surface area contributed by atoms with Crippen molar-refractivity contribution in [2.45, 2.75) is 25.4 Å². The van der Waals surface area contributed by atoms with E-state index in [1.807, 2.05) is 6.08 Å². The molecule has 0 amide bonds. The first-order valence-corrected chi connectivity index (χ1v) is 10.7. The molecule has 2 aliphatic rings. The highest BCUT2D eigenvalue weighted by atomic mass is 31.2. The number of phosphoric acid groups is 1. The Labute approximate surface area is 171 Å². The van der Waals surface area contributed by atoms with Crippen molar-refractivity contribution >= 4 is 19.9 Å². The number of rotatable bonds is 12. The first-order chi connectivity index (χ1) is 14.2. The third-order valence-corrected chi connectivity index (χ3v) is 6.15. The molecule has 2 aliphatic carbocycles. The van der Waals surface area contributed by atoms with E-state index in [1.54, 1.807) is 0 Å². The zero-order valence-electron chi connectivity index (χ0n) is 15.9. The number of aliphatic hydroxyl groups excluding tert-OH is 2. The van der Waals surface area contributed by atoms with Crippen LogP contribution >= 0.6 is 7.82 Å². The van der Waals surface area contributed by atoms with Crippen molar-refractivity contribution in [1.82, 2.24) is 9.55 Å². The highest BCUT2D eigenvalue weighted by molar-refractivity contribution is 7.47. The smallest absolute Gasteiger partial charge is 0.394 e. The Hall–Kier alpha value is -1.92. The number of ether oxygens (including phenoxy) is 1. The molecule has 13 heteroatoms. The maximum atomic E-state index is 12.1. The molecular formula is C17H24N3O9P. The molecule has 6 unspecified atom stereocenters. The summed E-state index contributed by atoms with van der Waals surface area (Å²) in [4.78, 5) is 35.8. The summed E-state index contributed by atoms with van der Waals surface area (Å²) in [5.41, 5.74) is 5.44. The summed E-state index contributed by atoms with van der Waals surface area (Å²) >= 11 is 0. The third kappa shape index (κ3) is 5.61. The van der Waals surface area contributed by atoms with Gasteiger partial charge in [-0.25, -0.2) is 9.36 Å². The lowest BCUT2D eigenvalue weighted by atomic mass is 10.1. The number of anilines is 1. The van der Waals surface area contributed by atoms with Crippen LogP contribution in [0.15, 0.2) is 28.7 Å². The van der Waals surface area contributed by atoms with Gasteiger partial charge in [0, 0.05) is 6.20 Å². The predicted octanol–water partition coefficient (Wildman–Crippen LogP) is -0.954. The number of carbonyl (C=O) groups excluding carboxylic acids is 1. The maximum Gasteiger partial charge on any atom is 0.472 e. The van der Waals surface area contributed by atoms with Crippen molar-refractivity contribution in [3.05, 3.63) is 34.4 Å². The van der Waals surface area contributed by atoms with E-state index in [0.29, 0.717) is 6.42 Å². The Morgan fingerprint density at radius 2 is 2.20 bits per heavy atom. The number of hydrogen-bond acceptors (Lipinski definition) is 10. The van der Waals surface area contributed by atoms with Crippen LogP contribution in [-0.2, 0) is 29.9 Å². The van der Waals surface area contributed by atoms with Crippen LogP contribution in [0, 0.1) is 17.8 Å².